The monoisotopic (exact) mass is 411 g/mol. The highest BCUT2D eigenvalue weighted by molar-refractivity contribution is 6.33. The molecule has 1 saturated heterocycles. The average Bonchev–Trinajstić information content (AvgIpc) is 2.58. The Balaban J connectivity index is 1.84. The third-order valence-corrected chi connectivity index (χ3v) is 4.88. The standard InChI is InChI=1S/C18H22ClN3O6/c1-18(2,3)28-17(24)20-5-6-21-11(10-20)4-7-27-15-9-13(19)14(22(25)26)8-12(15)16(21)23/h8-9,11H,4-7,10H2,1-3H3/t11-/m0/s1. The van der Waals surface area contributed by atoms with E-state index in [-0.39, 0.29) is 40.6 Å². The maximum absolute atomic E-state index is 13.1. The molecule has 1 aromatic rings. The van der Waals surface area contributed by atoms with Crippen molar-refractivity contribution in [2.75, 3.05) is 26.2 Å². The first-order valence-corrected chi connectivity index (χ1v) is 9.34. The number of fused-ring (bicyclic) bond motifs is 2. The average molecular weight is 412 g/mol. The first-order valence-electron chi connectivity index (χ1n) is 8.96. The lowest BCUT2D eigenvalue weighted by atomic mass is 10.0. The van der Waals surface area contributed by atoms with E-state index in [1.54, 1.807) is 30.6 Å². The summed E-state index contributed by atoms with van der Waals surface area (Å²) in [4.78, 5) is 39.2. The Hall–Kier alpha value is -2.55. The Bertz CT molecular complexity index is 822. The molecule has 28 heavy (non-hydrogen) atoms. The highest BCUT2D eigenvalue weighted by Gasteiger charge is 2.37. The molecule has 0 radical (unpaired) electrons. The molecule has 0 bridgehead atoms. The Morgan fingerprint density at radius 1 is 1.36 bits per heavy atom. The lowest BCUT2D eigenvalue weighted by molar-refractivity contribution is -0.384. The van der Waals surface area contributed by atoms with Crippen molar-refractivity contribution in [3.8, 4) is 5.75 Å². The zero-order chi connectivity index (χ0) is 20.6. The third-order valence-electron chi connectivity index (χ3n) is 4.58. The SMILES string of the molecule is CC(C)(C)OC(=O)N1CCN2C(=O)c3cc([N+](=O)[O-])c(Cl)cc3OCC[C@H]2C1. The Morgan fingerprint density at radius 2 is 2.07 bits per heavy atom. The minimum Gasteiger partial charge on any atom is -0.493 e. The Kier molecular flexibility index (Phi) is 5.38. The number of nitrogens with zero attached hydrogens (tertiary/aromatic N) is 3. The fraction of sp³-hybridized carbons (Fsp3) is 0.556. The number of halogens is 1. The van der Waals surface area contributed by atoms with Crippen LogP contribution in [0.3, 0.4) is 0 Å². The van der Waals surface area contributed by atoms with Crippen LogP contribution < -0.4 is 4.74 Å². The largest absolute Gasteiger partial charge is 0.493 e. The fourth-order valence-electron chi connectivity index (χ4n) is 3.29. The van der Waals surface area contributed by atoms with Crippen molar-refractivity contribution in [3.63, 3.8) is 0 Å². The molecule has 1 atom stereocenters. The summed E-state index contributed by atoms with van der Waals surface area (Å²) in [7, 11) is 0. The van der Waals surface area contributed by atoms with Crippen molar-refractivity contribution in [1.82, 2.24) is 9.80 Å². The third kappa shape index (κ3) is 4.14. The molecule has 0 aliphatic carbocycles. The van der Waals surface area contributed by atoms with Gasteiger partial charge in [-0.25, -0.2) is 4.79 Å². The maximum Gasteiger partial charge on any atom is 0.410 e. The van der Waals surface area contributed by atoms with Crippen LogP contribution in [0, 0.1) is 10.1 Å². The van der Waals surface area contributed by atoms with Gasteiger partial charge in [0.25, 0.3) is 11.6 Å². The van der Waals surface area contributed by atoms with Crippen molar-refractivity contribution in [2.24, 2.45) is 0 Å². The summed E-state index contributed by atoms with van der Waals surface area (Å²) < 4.78 is 11.1. The number of ether oxygens (including phenoxy) is 2. The van der Waals surface area contributed by atoms with Crippen LogP contribution in [0.2, 0.25) is 5.02 Å². The maximum atomic E-state index is 13.1. The van der Waals surface area contributed by atoms with Crippen LogP contribution in [0.4, 0.5) is 10.5 Å². The van der Waals surface area contributed by atoms with Crippen LogP contribution in [0.15, 0.2) is 12.1 Å². The van der Waals surface area contributed by atoms with Gasteiger partial charge in [0.05, 0.1) is 23.1 Å². The van der Waals surface area contributed by atoms with E-state index in [9.17, 15) is 19.7 Å². The van der Waals surface area contributed by atoms with Gasteiger partial charge in [0, 0.05) is 38.2 Å². The molecule has 0 spiro atoms. The zero-order valence-electron chi connectivity index (χ0n) is 15.9. The van der Waals surface area contributed by atoms with E-state index in [0.717, 1.165) is 6.07 Å². The number of rotatable bonds is 1. The second-order valence-corrected chi connectivity index (χ2v) is 8.18. The van der Waals surface area contributed by atoms with E-state index in [1.807, 2.05) is 0 Å². The topological polar surface area (TPSA) is 102 Å². The summed E-state index contributed by atoms with van der Waals surface area (Å²) in [6.07, 6.45) is 0.0874. The molecule has 0 N–H and O–H groups in total. The summed E-state index contributed by atoms with van der Waals surface area (Å²) in [5.74, 6) is -0.142. The van der Waals surface area contributed by atoms with Gasteiger partial charge in [-0.1, -0.05) is 11.6 Å². The number of carbonyl (C=O) groups excluding carboxylic acids is 2. The van der Waals surface area contributed by atoms with Crippen LogP contribution in [0.5, 0.6) is 5.75 Å². The number of hydrogen-bond acceptors (Lipinski definition) is 6. The first kappa shape index (κ1) is 20.2. The summed E-state index contributed by atoms with van der Waals surface area (Å²) in [6, 6.07) is 2.20. The quantitative estimate of drug-likeness (QED) is 0.519. The number of nitro benzene ring substituents is 1. The van der Waals surface area contributed by atoms with Gasteiger partial charge in [0.1, 0.15) is 16.4 Å². The van der Waals surface area contributed by atoms with Gasteiger partial charge in [-0.2, -0.15) is 0 Å². The van der Waals surface area contributed by atoms with Gasteiger partial charge >= 0.3 is 6.09 Å². The van der Waals surface area contributed by atoms with Crippen molar-refractivity contribution >= 4 is 29.3 Å². The molecule has 1 fully saturated rings. The van der Waals surface area contributed by atoms with Crippen molar-refractivity contribution in [1.29, 1.82) is 0 Å². The molecule has 0 saturated carbocycles. The highest BCUT2D eigenvalue weighted by atomic mass is 35.5. The molecule has 3 rings (SSSR count). The van der Waals surface area contributed by atoms with E-state index in [0.29, 0.717) is 26.1 Å². The minimum absolute atomic E-state index is 0.0802. The predicted molar refractivity (Wildman–Crippen MR) is 101 cm³/mol. The zero-order valence-corrected chi connectivity index (χ0v) is 16.7. The summed E-state index contributed by atoms with van der Waals surface area (Å²) in [6.45, 7) is 6.62. The lowest BCUT2D eigenvalue weighted by Gasteiger charge is -2.42. The normalized spacial score (nSPS) is 19.7. The number of piperazine rings is 1. The molecule has 2 aliphatic heterocycles. The van der Waals surface area contributed by atoms with E-state index in [4.69, 9.17) is 21.1 Å². The van der Waals surface area contributed by atoms with E-state index in [2.05, 4.69) is 0 Å². The first-order chi connectivity index (χ1) is 13.1. The smallest absolute Gasteiger partial charge is 0.410 e. The molecule has 2 amide bonds. The van der Waals surface area contributed by atoms with Crippen LogP contribution in [0.25, 0.3) is 0 Å². The highest BCUT2D eigenvalue weighted by Crippen LogP contribution is 2.35. The van der Waals surface area contributed by atoms with Gasteiger partial charge < -0.3 is 19.3 Å². The van der Waals surface area contributed by atoms with Crippen LogP contribution in [-0.2, 0) is 4.74 Å². The molecular weight excluding hydrogens is 390 g/mol. The number of carbonyl (C=O) groups is 2. The van der Waals surface area contributed by atoms with Crippen molar-refractivity contribution < 1.29 is 24.0 Å². The summed E-state index contributed by atoms with van der Waals surface area (Å²) in [5.41, 5.74) is -0.848. The second kappa shape index (κ2) is 7.46. The van der Waals surface area contributed by atoms with Gasteiger partial charge in [-0.05, 0) is 20.8 Å². The molecule has 2 heterocycles. The molecule has 10 heteroatoms. The molecule has 0 unspecified atom stereocenters. The fourth-order valence-corrected chi connectivity index (χ4v) is 3.51. The summed E-state index contributed by atoms with van der Waals surface area (Å²) in [5, 5.41) is 11.1. The van der Waals surface area contributed by atoms with Crippen molar-refractivity contribution in [3.05, 3.63) is 32.8 Å². The predicted octanol–water partition coefficient (Wildman–Crippen LogP) is 3.09. The molecule has 1 aromatic carbocycles. The number of hydrogen-bond donors (Lipinski definition) is 0. The molecule has 9 nitrogen and oxygen atoms in total. The number of nitro groups is 1. The molecular formula is C18H22ClN3O6. The van der Waals surface area contributed by atoms with Gasteiger partial charge in [-0.15, -0.1) is 0 Å². The van der Waals surface area contributed by atoms with Gasteiger partial charge in [-0.3, -0.25) is 14.9 Å². The van der Waals surface area contributed by atoms with Crippen LogP contribution >= 0.6 is 11.6 Å². The molecule has 0 aromatic heterocycles. The van der Waals surface area contributed by atoms with Gasteiger partial charge in [0.2, 0.25) is 0 Å². The van der Waals surface area contributed by atoms with E-state index in [1.165, 1.54) is 6.07 Å². The van der Waals surface area contributed by atoms with Crippen LogP contribution in [0.1, 0.15) is 37.6 Å². The molecule has 2 aliphatic rings. The van der Waals surface area contributed by atoms with E-state index >= 15 is 0 Å². The van der Waals surface area contributed by atoms with Crippen molar-refractivity contribution in [2.45, 2.75) is 38.8 Å². The number of benzene rings is 1. The summed E-state index contributed by atoms with van der Waals surface area (Å²) >= 11 is 5.94. The van der Waals surface area contributed by atoms with E-state index < -0.39 is 16.6 Å². The lowest BCUT2D eigenvalue weighted by Crippen LogP contribution is -2.58. The Labute approximate surface area is 167 Å². The minimum atomic E-state index is -0.632. The Morgan fingerprint density at radius 3 is 2.71 bits per heavy atom. The number of amides is 2. The van der Waals surface area contributed by atoms with Crippen LogP contribution in [-0.4, -0.2) is 64.6 Å². The second-order valence-electron chi connectivity index (χ2n) is 7.77. The van der Waals surface area contributed by atoms with Gasteiger partial charge in [0.15, 0.2) is 0 Å². The molecule has 152 valence electrons.